The number of aromatic nitrogens is 4. The molecule has 4 heterocycles. The van der Waals surface area contributed by atoms with E-state index in [0.717, 1.165) is 33.5 Å². The van der Waals surface area contributed by atoms with Crippen LogP contribution in [-0.2, 0) is 9.53 Å². The van der Waals surface area contributed by atoms with Gasteiger partial charge in [-0.1, -0.05) is 24.3 Å². The van der Waals surface area contributed by atoms with Gasteiger partial charge in [0.2, 0.25) is 5.91 Å². The van der Waals surface area contributed by atoms with Crippen molar-refractivity contribution in [3.05, 3.63) is 72.9 Å². The molecule has 0 radical (unpaired) electrons. The summed E-state index contributed by atoms with van der Waals surface area (Å²) >= 11 is 0. The molecule has 0 saturated carbocycles. The minimum Gasteiger partial charge on any atom is -0.491 e. The molecule has 1 aliphatic rings. The van der Waals surface area contributed by atoms with Gasteiger partial charge in [-0.2, -0.15) is 5.10 Å². The normalized spacial score (nSPS) is 16.1. The molecular weight excluding hydrogens is 418 g/mol. The van der Waals surface area contributed by atoms with Gasteiger partial charge in [0.05, 0.1) is 31.6 Å². The van der Waals surface area contributed by atoms with Crippen molar-refractivity contribution in [2.24, 2.45) is 0 Å². The van der Waals surface area contributed by atoms with Crippen molar-refractivity contribution in [1.29, 1.82) is 0 Å². The first kappa shape index (κ1) is 21.1. The van der Waals surface area contributed by atoms with E-state index in [1.165, 1.54) is 0 Å². The van der Waals surface area contributed by atoms with Crippen LogP contribution in [0.1, 0.15) is 24.6 Å². The standard InChI is InChI=1S/C25H25N5O3/c31-24(7-3-12-32-22-6-1-4-18-5-2-10-26-25(18)22)30-11-13-33-23(17-30)21-9-8-19(14-27-21)20-15-28-29-16-20/h1-2,4-6,8-10,14-16,23H,3,7,11-13,17H2,(H,28,29)/t23-/m1/s1. The van der Waals surface area contributed by atoms with Gasteiger partial charge >= 0.3 is 0 Å². The van der Waals surface area contributed by atoms with E-state index in [4.69, 9.17) is 9.47 Å². The molecule has 0 unspecified atom stereocenters. The molecule has 33 heavy (non-hydrogen) atoms. The third-order valence-electron chi connectivity index (χ3n) is 5.76. The molecule has 4 aromatic rings. The van der Waals surface area contributed by atoms with Crippen LogP contribution in [0.2, 0.25) is 0 Å². The largest absolute Gasteiger partial charge is 0.491 e. The number of carbonyl (C=O) groups is 1. The van der Waals surface area contributed by atoms with E-state index in [0.29, 0.717) is 39.1 Å². The average molecular weight is 444 g/mol. The zero-order chi connectivity index (χ0) is 22.5. The maximum Gasteiger partial charge on any atom is 0.222 e. The number of hydrogen-bond acceptors (Lipinski definition) is 6. The average Bonchev–Trinajstić information content (AvgIpc) is 3.42. The molecule has 1 saturated heterocycles. The Balaban J connectivity index is 1.13. The molecule has 0 aliphatic carbocycles. The molecule has 1 aliphatic heterocycles. The number of aromatic amines is 1. The Morgan fingerprint density at radius 3 is 2.91 bits per heavy atom. The van der Waals surface area contributed by atoms with Crippen LogP contribution in [0, 0.1) is 0 Å². The van der Waals surface area contributed by atoms with Gasteiger partial charge in [-0.05, 0) is 24.6 Å². The quantitative estimate of drug-likeness (QED) is 0.437. The van der Waals surface area contributed by atoms with Crippen molar-refractivity contribution in [2.75, 3.05) is 26.3 Å². The molecule has 3 aromatic heterocycles. The molecule has 5 rings (SSSR count). The van der Waals surface area contributed by atoms with Gasteiger partial charge in [0, 0.05) is 48.1 Å². The Bertz CT molecular complexity index is 1210. The SMILES string of the molecule is O=C(CCCOc1cccc2cccnc12)N1CCO[C@@H](c2ccc(-c3cn[nH]c3)cn2)C1. The Hall–Kier alpha value is -3.78. The van der Waals surface area contributed by atoms with Crippen molar-refractivity contribution < 1.29 is 14.3 Å². The molecule has 1 N–H and O–H groups in total. The molecule has 0 bridgehead atoms. The number of nitrogens with one attached hydrogen (secondary N) is 1. The van der Waals surface area contributed by atoms with E-state index in [1.54, 1.807) is 12.4 Å². The number of rotatable bonds is 7. The highest BCUT2D eigenvalue weighted by atomic mass is 16.5. The number of carbonyl (C=O) groups excluding carboxylic acids is 1. The number of ether oxygens (including phenoxy) is 2. The minimum atomic E-state index is -0.223. The molecular formula is C25H25N5O3. The van der Waals surface area contributed by atoms with Crippen LogP contribution in [0.15, 0.2) is 67.3 Å². The molecule has 8 heteroatoms. The van der Waals surface area contributed by atoms with Gasteiger partial charge in [0.25, 0.3) is 0 Å². The second-order valence-corrected chi connectivity index (χ2v) is 7.94. The van der Waals surface area contributed by atoms with Crippen LogP contribution in [0.3, 0.4) is 0 Å². The molecule has 0 spiro atoms. The number of para-hydroxylation sites is 1. The van der Waals surface area contributed by atoms with Gasteiger partial charge < -0.3 is 14.4 Å². The summed E-state index contributed by atoms with van der Waals surface area (Å²) in [5, 5.41) is 7.81. The zero-order valence-corrected chi connectivity index (χ0v) is 18.2. The van der Waals surface area contributed by atoms with Gasteiger partial charge in [-0.25, -0.2) is 0 Å². The molecule has 1 aromatic carbocycles. The fourth-order valence-corrected chi connectivity index (χ4v) is 3.99. The van der Waals surface area contributed by atoms with Crippen LogP contribution in [0.4, 0.5) is 0 Å². The first-order valence-electron chi connectivity index (χ1n) is 11.1. The summed E-state index contributed by atoms with van der Waals surface area (Å²) in [5.41, 5.74) is 3.63. The molecule has 1 atom stereocenters. The lowest BCUT2D eigenvalue weighted by Gasteiger charge is -2.32. The number of hydrogen-bond donors (Lipinski definition) is 1. The van der Waals surface area contributed by atoms with Crippen molar-refractivity contribution in [3.63, 3.8) is 0 Å². The second-order valence-electron chi connectivity index (χ2n) is 7.94. The first-order valence-corrected chi connectivity index (χ1v) is 11.1. The fraction of sp³-hybridized carbons (Fsp3) is 0.280. The van der Waals surface area contributed by atoms with Crippen LogP contribution >= 0.6 is 0 Å². The van der Waals surface area contributed by atoms with Gasteiger partial charge in [0.1, 0.15) is 17.4 Å². The number of H-pyrrole nitrogens is 1. The van der Waals surface area contributed by atoms with Crippen molar-refractivity contribution in [1.82, 2.24) is 25.1 Å². The molecule has 1 fully saturated rings. The highest BCUT2D eigenvalue weighted by Gasteiger charge is 2.26. The zero-order valence-electron chi connectivity index (χ0n) is 18.2. The summed E-state index contributed by atoms with van der Waals surface area (Å²) in [5.74, 6) is 0.856. The summed E-state index contributed by atoms with van der Waals surface area (Å²) in [4.78, 5) is 23.6. The fourth-order valence-electron chi connectivity index (χ4n) is 3.99. The van der Waals surface area contributed by atoms with Crippen molar-refractivity contribution in [2.45, 2.75) is 18.9 Å². The number of morpholine rings is 1. The van der Waals surface area contributed by atoms with Gasteiger partial charge in [-0.15, -0.1) is 0 Å². The summed E-state index contributed by atoms with van der Waals surface area (Å²) in [6.45, 7) is 2.06. The van der Waals surface area contributed by atoms with E-state index in [-0.39, 0.29) is 12.0 Å². The minimum absolute atomic E-state index is 0.109. The molecule has 8 nitrogen and oxygen atoms in total. The lowest BCUT2D eigenvalue weighted by Crippen LogP contribution is -2.42. The Kier molecular flexibility index (Phi) is 6.25. The third-order valence-corrected chi connectivity index (χ3v) is 5.76. The number of benzene rings is 1. The maximum atomic E-state index is 12.8. The summed E-state index contributed by atoms with van der Waals surface area (Å²) in [7, 11) is 0. The lowest BCUT2D eigenvalue weighted by atomic mass is 10.1. The van der Waals surface area contributed by atoms with Gasteiger partial charge in [0.15, 0.2) is 0 Å². The van der Waals surface area contributed by atoms with E-state index in [9.17, 15) is 4.79 Å². The number of fused-ring (bicyclic) bond motifs is 1. The van der Waals surface area contributed by atoms with E-state index in [2.05, 4.69) is 20.2 Å². The molecule has 168 valence electrons. The summed E-state index contributed by atoms with van der Waals surface area (Å²) in [6, 6.07) is 13.7. The van der Waals surface area contributed by atoms with E-state index < -0.39 is 0 Å². The predicted octanol–water partition coefficient (Wildman–Crippen LogP) is 3.78. The van der Waals surface area contributed by atoms with Gasteiger partial charge in [-0.3, -0.25) is 19.9 Å². The second kappa shape index (κ2) is 9.79. The van der Waals surface area contributed by atoms with Crippen LogP contribution in [0.25, 0.3) is 22.0 Å². The number of amides is 1. The monoisotopic (exact) mass is 443 g/mol. The summed E-state index contributed by atoms with van der Waals surface area (Å²) < 4.78 is 11.8. The molecule has 1 amide bonds. The van der Waals surface area contributed by atoms with E-state index >= 15 is 0 Å². The van der Waals surface area contributed by atoms with Crippen LogP contribution in [-0.4, -0.2) is 57.3 Å². The Morgan fingerprint density at radius 2 is 2.06 bits per heavy atom. The third kappa shape index (κ3) is 4.85. The highest BCUT2D eigenvalue weighted by Crippen LogP contribution is 2.25. The first-order chi connectivity index (χ1) is 16.3. The predicted molar refractivity (Wildman–Crippen MR) is 124 cm³/mol. The topological polar surface area (TPSA) is 93.2 Å². The van der Waals surface area contributed by atoms with Crippen LogP contribution in [0.5, 0.6) is 5.75 Å². The van der Waals surface area contributed by atoms with Crippen LogP contribution < -0.4 is 4.74 Å². The number of nitrogens with zero attached hydrogens (tertiary/aromatic N) is 4. The lowest BCUT2D eigenvalue weighted by molar-refractivity contribution is -0.139. The Labute approximate surface area is 191 Å². The van der Waals surface area contributed by atoms with E-state index in [1.807, 2.05) is 59.8 Å². The maximum absolute atomic E-state index is 12.8. The smallest absolute Gasteiger partial charge is 0.222 e. The number of pyridine rings is 2. The summed E-state index contributed by atoms with van der Waals surface area (Å²) in [6.07, 6.45) is 8.00. The Morgan fingerprint density at radius 1 is 1.12 bits per heavy atom. The highest BCUT2D eigenvalue weighted by molar-refractivity contribution is 5.84. The van der Waals surface area contributed by atoms with Crippen molar-refractivity contribution in [3.8, 4) is 16.9 Å². The van der Waals surface area contributed by atoms with Crippen molar-refractivity contribution >= 4 is 16.8 Å².